The molecule has 1 unspecified atom stereocenters. The van der Waals surface area contributed by atoms with Crippen LogP contribution in [-0.4, -0.2) is 16.1 Å². The first kappa shape index (κ1) is 13.3. The van der Waals surface area contributed by atoms with E-state index < -0.39 is 6.09 Å². The Labute approximate surface area is 122 Å². The van der Waals surface area contributed by atoms with Crippen molar-refractivity contribution in [2.24, 2.45) is 0 Å². The molecule has 0 saturated heterocycles. The molecule has 1 aliphatic rings. The summed E-state index contributed by atoms with van der Waals surface area (Å²) < 4.78 is 5.29. The highest BCUT2D eigenvalue weighted by molar-refractivity contribution is 5.74. The average Bonchev–Trinajstić information content (AvgIpc) is 2.43. The second-order valence-electron chi connectivity index (χ2n) is 5.14. The molecule has 1 heterocycles. The van der Waals surface area contributed by atoms with E-state index in [0.29, 0.717) is 18.0 Å². The van der Waals surface area contributed by atoms with Gasteiger partial charge in [0.25, 0.3) is 0 Å². The van der Waals surface area contributed by atoms with Crippen LogP contribution in [0.5, 0.6) is 11.5 Å². The number of fused-ring (bicyclic) bond motifs is 1. The predicted octanol–water partition coefficient (Wildman–Crippen LogP) is 3.05. The number of benzene rings is 2. The number of ether oxygens (including phenoxy) is 1. The van der Waals surface area contributed by atoms with Crippen LogP contribution in [0.15, 0.2) is 42.5 Å². The van der Waals surface area contributed by atoms with Crippen molar-refractivity contribution >= 4 is 11.8 Å². The van der Waals surface area contributed by atoms with Gasteiger partial charge < -0.3 is 15.6 Å². The molecular weight excluding hydrogens is 268 g/mol. The summed E-state index contributed by atoms with van der Waals surface area (Å²) in [5.41, 5.74) is 8.24. The molecule has 0 aliphatic carbocycles. The van der Waals surface area contributed by atoms with Crippen molar-refractivity contribution in [3.8, 4) is 11.5 Å². The Morgan fingerprint density at radius 3 is 2.86 bits per heavy atom. The Morgan fingerprint density at radius 2 is 2.10 bits per heavy atom. The maximum atomic E-state index is 12.2. The Morgan fingerprint density at radius 1 is 1.29 bits per heavy atom. The lowest BCUT2D eigenvalue weighted by atomic mass is 10.0. The largest absolute Gasteiger partial charge is 0.508 e. The summed E-state index contributed by atoms with van der Waals surface area (Å²) in [6, 6.07) is 12.1. The molecule has 0 aromatic heterocycles. The van der Waals surface area contributed by atoms with Gasteiger partial charge in [-0.3, -0.25) is 4.90 Å². The number of nitrogens with two attached hydrogens (primary N) is 1. The minimum absolute atomic E-state index is 0.0815. The third-order valence-electron chi connectivity index (χ3n) is 3.65. The van der Waals surface area contributed by atoms with Crippen LogP contribution >= 0.6 is 0 Å². The molecule has 1 aliphatic heterocycles. The summed E-state index contributed by atoms with van der Waals surface area (Å²) in [6.07, 6.45) is -0.428. The maximum Gasteiger partial charge on any atom is 0.416 e. The van der Waals surface area contributed by atoms with Gasteiger partial charge in [-0.15, -0.1) is 0 Å². The summed E-state index contributed by atoms with van der Waals surface area (Å²) >= 11 is 0. The van der Waals surface area contributed by atoms with Gasteiger partial charge >= 0.3 is 6.09 Å². The molecule has 0 saturated carbocycles. The Hall–Kier alpha value is -2.69. The van der Waals surface area contributed by atoms with E-state index >= 15 is 0 Å². The number of anilines is 1. The third kappa shape index (κ3) is 2.50. The van der Waals surface area contributed by atoms with Gasteiger partial charge in [0.2, 0.25) is 0 Å². The molecule has 1 amide bonds. The molecular formula is C16H16N2O3. The monoisotopic (exact) mass is 284 g/mol. The summed E-state index contributed by atoms with van der Waals surface area (Å²) in [5, 5.41) is 9.47. The number of aromatic hydroxyl groups is 1. The van der Waals surface area contributed by atoms with Crippen LogP contribution in [0.25, 0.3) is 0 Å². The van der Waals surface area contributed by atoms with E-state index in [-0.39, 0.29) is 11.8 Å². The second kappa shape index (κ2) is 5.01. The second-order valence-corrected chi connectivity index (χ2v) is 5.14. The lowest BCUT2D eigenvalue weighted by Gasteiger charge is -2.34. The lowest BCUT2D eigenvalue weighted by molar-refractivity contribution is 0.117. The highest BCUT2D eigenvalue weighted by Gasteiger charge is 2.31. The summed E-state index contributed by atoms with van der Waals surface area (Å²) in [4.78, 5) is 13.8. The molecule has 3 N–H and O–H groups in total. The highest BCUT2D eigenvalue weighted by Crippen LogP contribution is 2.37. The predicted molar refractivity (Wildman–Crippen MR) is 78.9 cm³/mol. The number of rotatable bonds is 2. The van der Waals surface area contributed by atoms with Crippen molar-refractivity contribution in [3.05, 3.63) is 53.6 Å². The van der Waals surface area contributed by atoms with Crippen molar-refractivity contribution < 1.29 is 14.6 Å². The molecule has 0 fully saturated rings. The van der Waals surface area contributed by atoms with Crippen LogP contribution in [0, 0.1) is 0 Å². The highest BCUT2D eigenvalue weighted by atomic mass is 16.6. The Bertz CT molecular complexity index is 700. The number of carbonyl (C=O) groups is 1. The average molecular weight is 284 g/mol. The van der Waals surface area contributed by atoms with Crippen molar-refractivity contribution in [1.82, 2.24) is 4.90 Å². The fourth-order valence-electron chi connectivity index (χ4n) is 2.52. The van der Waals surface area contributed by atoms with Crippen LogP contribution in [0.3, 0.4) is 0 Å². The summed E-state index contributed by atoms with van der Waals surface area (Å²) in [6.45, 7) is 2.36. The molecule has 1 atom stereocenters. The first-order valence-corrected chi connectivity index (χ1v) is 6.70. The zero-order valence-electron chi connectivity index (χ0n) is 11.6. The Balaban J connectivity index is 1.90. The van der Waals surface area contributed by atoms with Gasteiger partial charge in [-0.25, -0.2) is 4.79 Å². The van der Waals surface area contributed by atoms with Gasteiger partial charge in [-0.1, -0.05) is 12.1 Å². The summed E-state index contributed by atoms with van der Waals surface area (Å²) in [5.74, 6) is 0.495. The van der Waals surface area contributed by atoms with Gasteiger partial charge in [-0.2, -0.15) is 0 Å². The number of hydrogen-bond acceptors (Lipinski definition) is 4. The molecule has 0 spiro atoms. The number of carbonyl (C=O) groups excluding carboxylic acids is 1. The van der Waals surface area contributed by atoms with Crippen molar-refractivity contribution in [2.75, 3.05) is 5.73 Å². The van der Waals surface area contributed by atoms with Crippen LogP contribution in [0.4, 0.5) is 10.5 Å². The molecule has 5 nitrogen and oxygen atoms in total. The molecule has 5 heteroatoms. The lowest BCUT2D eigenvalue weighted by Crippen LogP contribution is -2.39. The minimum atomic E-state index is -0.428. The van der Waals surface area contributed by atoms with E-state index in [9.17, 15) is 9.90 Å². The number of phenolic OH excluding ortho intramolecular Hbond substituents is 1. The first-order chi connectivity index (χ1) is 10.0. The first-order valence-electron chi connectivity index (χ1n) is 6.70. The van der Waals surface area contributed by atoms with Crippen molar-refractivity contribution in [1.29, 1.82) is 0 Å². The molecule has 0 radical (unpaired) electrons. The molecule has 2 aromatic carbocycles. The Kier molecular flexibility index (Phi) is 3.17. The zero-order chi connectivity index (χ0) is 15.0. The van der Waals surface area contributed by atoms with E-state index in [1.807, 2.05) is 25.1 Å². The van der Waals surface area contributed by atoms with Gasteiger partial charge in [0.15, 0.2) is 0 Å². The van der Waals surface area contributed by atoms with Gasteiger partial charge in [0.05, 0.1) is 6.04 Å². The standard InChI is InChI=1S/C16H16N2O3/c1-10-14-6-5-13(19)8-15(14)21-16(20)18(10)9-11-3-2-4-12(17)7-11/h2-8,10,19H,9,17H2,1H3. The fourth-order valence-corrected chi connectivity index (χ4v) is 2.52. The van der Waals surface area contributed by atoms with Crippen LogP contribution in [-0.2, 0) is 6.54 Å². The number of nitrogen functional groups attached to an aromatic ring is 1. The molecule has 21 heavy (non-hydrogen) atoms. The quantitative estimate of drug-likeness (QED) is 0.831. The van der Waals surface area contributed by atoms with Crippen LogP contribution in [0.1, 0.15) is 24.1 Å². The van der Waals surface area contributed by atoms with Crippen LogP contribution < -0.4 is 10.5 Å². The molecule has 0 bridgehead atoms. The zero-order valence-corrected chi connectivity index (χ0v) is 11.6. The fraction of sp³-hybridized carbons (Fsp3) is 0.188. The van der Waals surface area contributed by atoms with Crippen molar-refractivity contribution in [3.63, 3.8) is 0 Å². The topological polar surface area (TPSA) is 75.8 Å². The SMILES string of the molecule is CC1c2ccc(O)cc2OC(=O)N1Cc1cccc(N)c1. The van der Waals surface area contributed by atoms with Gasteiger partial charge in [0, 0.05) is 23.9 Å². The summed E-state index contributed by atoms with van der Waals surface area (Å²) in [7, 11) is 0. The number of hydrogen-bond donors (Lipinski definition) is 2. The smallest absolute Gasteiger partial charge is 0.416 e. The molecule has 2 aromatic rings. The van der Waals surface area contributed by atoms with E-state index in [2.05, 4.69) is 0 Å². The number of amides is 1. The van der Waals surface area contributed by atoms with Crippen molar-refractivity contribution in [2.45, 2.75) is 19.5 Å². The van der Waals surface area contributed by atoms with Gasteiger partial charge in [0.1, 0.15) is 11.5 Å². The normalized spacial score (nSPS) is 17.3. The van der Waals surface area contributed by atoms with E-state index in [0.717, 1.165) is 11.1 Å². The van der Waals surface area contributed by atoms with E-state index in [4.69, 9.17) is 10.5 Å². The van der Waals surface area contributed by atoms with E-state index in [1.165, 1.54) is 6.07 Å². The molecule has 3 rings (SSSR count). The van der Waals surface area contributed by atoms with Crippen LogP contribution in [0.2, 0.25) is 0 Å². The number of nitrogens with zero attached hydrogens (tertiary/aromatic N) is 1. The minimum Gasteiger partial charge on any atom is -0.508 e. The maximum absolute atomic E-state index is 12.2. The number of phenols is 1. The van der Waals surface area contributed by atoms with Gasteiger partial charge in [-0.05, 0) is 36.8 Å². The molecule has 108 valence electrons. The third-order valence-corrected chi connectivity index (χ3v) is 3.65. The van der Waals surface area contributed by atoms with E-state index in [1.54, 1.807) is 23.1 Å².